The van der Waals surface area contributed by atoms with Crippen LogP contribution in [0.15, 0.2) is 18.3 Å². The van der Waals surface area contributed by atoms with E-state index in [1.807, 2.05) is 0 Å². The van der Waals surface area contributed by atoms with Crippen LogP contribution in [0.25, 0.3) is 0 Å². The van der Waals surface area contributed by atoms with E-state index in [0.29, 0.717) is 30.9 Å². The Morgan fingerprint density at radius 2 is 2.14 bits per heavy atom. The van der Waals surface area contributed by atoms with Gasteiger partial charge >= 0.3 is 0 Å². The SMILES string of the molecule is CN1CCN2CCN(C(=O)c3cc(CO)ccn3)C[C@H]2C1=O. The number of nitrogens with zero attached hydrogens (tertiary/aromatic N) is 4. The molecule has 0 aromatic carbocycles. The molecule has 1 aromatic rings. The summed E-state index contributed by atoms with van der Waals surface area (Å²) in [6.45, 7) is 3.17. The molecule has 2 aliphatic heterocycles. The molecule has 0 spiro atoms. The van der Waals surface area contributed by atoms with Gasteiger partial charge in [-0.3, -0.25) is 19.5 Å². The van der Waals surface area contributed by atoms with Crippen molar-refractivity contribution in [3.8, 4) is 0 Å². The average Bonchev–Trinajstić information content (AvgIpc) is 2.57. The molecule has 2 saturated heterocycles. The van der Waals surface area contributed by atoms with Crippen molar-refractivity contribution in [3.63, 3.8) is 0 Å². The van der Waals surface area contributed by atoms with Gasteiger partial charge in [0.1, 0.15) is 11.7 Å². The van der Waals surface area contributed by atoms with Gasteiger partial charge in [0, 0.05) is 46.0 Å². The Morgan fingerprint density at radius 3 is 2.91 bits per heavy atom. The van der Waals surface area contributed by atoms with Crippen molar-refractivity contribution in [2.75, 3.05) is 39.8 Å². The molecule has 0 aliphatic carbocycles. The molecule has 1 aromatic heterocycles. The van der Waals surface area contributed by atoms with Crippen molar-refractivity contribution in [2.24, 2.45) is 0 Å². The largest absolute Gasteiger partial charge is 0.392 e. The number of likely N-dealkylation sites (N-methyl/N-ethyl adjacent to an activating group) is 1. The third kappa shape index (κ3) is 2.69. The first-order valence-electron chi connectivity index (χ1n) is 7.44. The maximum atomic E-state index is 12.6. The maximum Gasteiger partial charge on any atom is 0.272 e. The second-order valence-corrected chi connectivity index (χ2v) is 5.77. The van der Waals surface area contributed by atoms with E-state index in [0.717, 1.165) is 13.1 Å². The molecular weight excluding hydrogens is 284 g/mol. The van der Waals surface area contributed by atoms with Gasteiger partial charge in [-0.25, -0.2) is 0 Å². The van der Waals surface area contributed by atoms with Crippen LogP contribution in [-0.2, 0) is 11.4 Å². The Morgan fingerprint density at radius 1 is 1.36 bits per heavy atom. The number of hydrogen-bond donors (Lipinski definition) is 1. The predicted octanol–water partition coefficient (Wildman–Crippen LogP) is -0.828. The van der Waals surface area contributed by atoms with Crippen LogP contribution in [0.1, 0.15) is 16.1 Å². The van der Waals surface area contributed by atoms with Gasteiger partial charge in [0.2, 0.25) is 5.91 Å². The van der Waals surface area contributed by atoms with Crippen LogP contribution < -0.4 is 0 Å². The molecule has 2 aliphatic rings. The Kier molecular flexibility index (Phi) is 4.08. The minimum absolute atomic E-state index is 0.0702. The maximum absolute atomic E-state index is 12.6. The molecule has 3 rings (SSSR count). The van der Waals surface area contributed by atoms with Crippen molar-refractivity contribution in [1.82, 2.24) is 19.7 Å². The van der Waals surface area contributed by atoms with Crippen molar-refractivity contribution in [2.45, 2.75) is 12.6 Å². The second-order valence-electron chi connectivity index (χ2n) is 5.77. The fourth-order valence-electron chi connectivity index (χ4n) is 3.00. The topological polar surface area (TPSA) is 77.0 Å². The molecule has 3 heterocycles. The summed E-state index contributed by atoms with van der Waals surface area (Å²) < 4.78 is 0. The highest BCUT2D eigenvalue weighted by atomic mass is 16.3. The van der Waals surface area contributed by atoms with Crippen molar-refractivity contribution in [3.05, 3.63) is 29.6 Å². The lowest BCUT2D eigenvalue weighted by Crippen LogP contribution is -2.64. The number of piperazine rings is 2. The third-order valence-corrected chi connectivity index (χ3v) is 4.39. The summed E-state index contributed by atoms with van der Waals surface area (Å²) in [5, 5.41) is 9.16. The Labute approximate surface area is 129 Å². The third-order valence-electron chi connectivity index (χ3n) is 4.39. The number of aromatic nitrogens is 1. The number of fused-ring (bicyclic) bond motifs is 1. The van der Waals surface area contributed by atoms with E-state index in [-0.39, 0.29) is 24.5 Å². The lowest BCUT2D eigenvalue weighted by molar-refractivity contribution is -0.142. The Balaban J connectivity index is 1.75. The van der Waals surface area contributed by atoms with Gasteiger partial charge in [-0.15, -0.1) is 0 Å². The highest BCUT2D eigenvalue weighted by Crippen LogP contribution is 2.17. The van der Waals surface area contributed by atoms with Crippen LogP contribution in [0, 0.1) is 0 Å². The quantitative estimate of drug-likeness (QED) is 0.772. The summed E-state index contributed by atoms with van der Waals surface area (Å²) in [5.74, 6) is -0.114. The highest BCUT2D eigenvalue weighted by molar-refractivity contribution is 5.93. The number of amides is 2. The molecule has 118 valence electrons. The summed E-state index contributed by atoms with van der Waals surface area (Å²) >= 11 is 0. The molecule has 2 fully saturated rings. The standard InChI is InChI=1S/C15H20N4O3/c1-17-4-5-18-6-7-19(9-13(18)15(17)22)14(21)12-8-11(10-20)2-3-16-12/h2-3,8,13,20H,4-7,9-10H2,1H3/t13-/m0/s1. The predicted molar refractivity (Wildman–Crippen MR) is 79.1 cm³/mol. The average molecular weight is 304 g/mol. The van der Waals surface area contributed by atoms with E-state index >= 15 is 0 Å². The lowest BCUT2D eigenvalue weighted by atomic mass is 10.1. The first-order valence-corrected chi connectivity index (χ1v) is 7.44. The molecule has 7 heteroatoms. The number of pyridine rings is 1. The molecule has 0 bridgehead atoms. The zero-order valence-electron chi connectivity index (χ0n) is 12.6. The molecule has 0 saturated carbocycles. The summed E-state index contributed by atoms with van der Waals surface area (Å²) in [4.78, 5) is 34.5. The van der Waals surface area contributed by atoms with E-state index in [1.165, 1.54) is 6.20 Å². The van der Waals surface area contributed by atoms with Crippen LogP contribution in [0.2, 0.25) is 0 Å². The molecule has 22 heavy (non-hydrogen) atoms. The summed E-state index contributed by atoms with van der Waals surface area (Å²) in [5.41, 5.74) is 0.974. The van der Waals surface area contributed by atoms with Gasteiger partial charge in [-0.2, -0.15) is 0 Å². The first kappa shape index (κ1) is 14.9. The summed E-state index contributed by atoms with van der Waals surface area (Å²) in [7, 11) is 1.80. The van der Waals surface area contributed by atoms with Crippen LogP contribution in [0.4, 0.5) is 0 Å². The Bertz CT molecular complexity index is 592. The van der Waals surface area contributed by atoms with Crippen LogP contribution in [0.5, 0.6) is 0 Å². The van der Waals surface area contributed by atoms with Gasteiger partial charge in [-0.05, 0) is 17.7 Å². The first-order chi connectivity index (χ1) is 10.6. The van der Waals surface area contributed by atoms with E-state index < -0.39 is 0 Å². The Hall–Kier alpha value is -1.99. The molecule has 1 atom stereocenters. The molecule has 0 radical (unpaired) electrons. The zero-order valence-corrected chi connectivity index (χ0v) is 12.6. The van der Waals surface area contributed by atoms with Crippen LogP contribution in [-0.4, -0.2) is 82.4 Å². The number of rotatable bonds is 2. The molecule has 1 N–H and O–H groups in total. The number of carbonyl (C=O) groups is 2. The van der Waals surface area contributed by atoms with Gasteiger partial charge in [-0.1, -0.05) is 0 Å². The van der Waals surface area contributed by atoms with Crippen molar-refractivity contribution >= 4 is 11.8 Å². The fraction of sp³-hybridized carbons (Fsp3) is 0.533. The normalized spacial score (nSPS) is 22.6. The zero-order chi connectivity index (χ0) is 15.7. The van der Waals surface area contributed by atoms with E-state index in [1.54, 1.807) is 29.0 Å². The van der Waals surface area contributed by atoms with Gasteiger partial charge < -0.3 is 14.9 Å². The lowest BCUT2D eigenvalue weighted by Gasteiger charge is -2.45. The number of aliphatic hydroxyl groups is 1. The number of aliphatic hydroxyl groups excluding tert-OH is 1. The van der Waals surface area contributed by atoms with Crippen molar-refractivity contribution in [1.29, 1.82) is 0 Å². The second kappa shape index (κ2) is 6.02. The summed E-state index contributed by atoms with van der Waals surface area (Å²) in [6, 6.07) is 3.02. The molecule has 7 nitrogen and oxygen atoms in total. The van der Waals surface area contributed by atoms with Crippen LogP contribution in [0.3, 0.4) is 0 Å². The minimum atomic E-state index is -0.252. The van der Waals surface area contributed by atoms with E-state index in [4.69, 9.17) is 5.11 Å². The smallest absolute Gasteiger partial charge is 0.272 e. The fourth-order valence-corrected chi connectivity index (χ4v) is 3.00. The van der Waals surface area contributed by atoms with Gasteiger partial charge in [0.05, 0.1) is 6.61 Å². The van der Waals surface area contributed by atoms with E-state index in [9.17, 15) is 9.59 Å². The van der Waals surface area contributed by atoms with Crippen molar-refractivity contribution < 1.29 is 14.7 Å². The number of hydrogen-bond acceptors (Lipinski definition) is 5. The highest BCUT2D eigenvalue weighted by Gasteiger charge is 2.38. The van der Waals surface area contributed by atoms with Gasteiger partial charge in [0.25, 0.3) is 5.91 Å². The molecule has 2 amide bonds. The van der Waals surface area contributed by atoms with Gasteiger partial charge in [0.15, 0.2) is 0 Å². The minimum Gasteiger partial charge on any atom is -0.392 e. The summed E-state index contributed by atoms with van der Waals surface area (Å²) in [6.07, 6.45) is 1.52. The molecule has 0 unspecified atom stereocenters. The van der Waals surface area contributed by atoms with E-state index in [2.05, 4.69) is 9.88 Å². The number of carbonyl (C=O) groups excluding carboxylic acids is 2. The van der Waals surface area contributed by atoms with Crippen LogP contribution >= 0.6 is 0 Å². The monoisotopic (exact) mass is 304 g/mol. The molecular formula is C15H20N4O3.